The second kappa shape index (κ2) is 7.38. The van der Waals surface area contributed by atoms with Crippen LogP contribution in [0, 0.1) is 5.92 Å². The molecule has 3 rings (SSSR count). The van der Waals surface area contributed by atoms with Crippen molar-refractivity contribution in [2.75, 3.05) is 19.7 Å². The molecule has 3 heterocycles. The molecule has 1 saturated heterocycles. The first-order valence-electron chi connectivity index (χ1n) is 8.32. The Labute approximate surface area is 140 Å². The molecule has 1 atom stereocenters. The van der Waals surface area contributed by atoms with E-state index in [4.69, 9.17) is 4.74 Å². The molecule has 6 heteroatoms. The van der Waals surface area contributed by atoms with E-state index >= 15 is 0 Å². The standard InChI is InChI=1S/C18H21N3O3/c1-2-24-16(22)12-21-11-9-14(18(21)23)6-8-15-7-5-13-4-3-10-19-17(13)20-15/h3-5,7,10,14H,2,6,8-9,11-12H2,1H3/t14-/m0/s1. The molecular weight excluding hydrogens is 306 g/mol. The van der Waals surface area contributed by atoms with Gasteiger partial charge in [-0.25, -0.2) is 9.97 Å². The number of likely N-dealkylation sites (tertiary alicyclic amines) is 1. The summed E-state index contributed by atoms with van der Waals surface area (Å²) in [5.41, 5.74) is 1.68. The number of hydrogen-bond donors (Lipinski definition) is 0. The second-order valence-corrected chi connectivity index (χ2v) is 5.94. The summed E-state index contributed by atoms with van der Waals surface area (Å²) in [4.78, 5) is 34.3. The van der Waals surface area contributed by atoms with E-state index in [0.717, 1.165) is 36.0 Å². The van der Waals surface area contributed by atoms with Crippen LogP contribution in [0.1, 0.15) is 25.5 Å². The summed E-state index contributed by atoms with van der Waals surface area (Å²) in [5, 5.41) is 1.01. The highest BCUT2D eigenvalue weighted by atomic mass is 16.5. The molecule has 6 nitrogen and oxygen atoms in total. The monoisotopic (exact) mass is 327 g/mol. The van der Waals surface area contributed by atoms with Crippen LogP contribution >= 0.6 is 0 Å². The number of nitrogens with zero attached hydrogens (tertiary/aromatic N) is 3. The van der Waals surface area contributed by atoms with Crippen molar-refractivity contribution in [3.63, 3.8) is 0 Å². The number of aryl methyl sites for hydroxylation is 1. The van der Waals surface area contributed by atoms with Crippen LogP contribution in [-0.2, 0) is 20.7 Å². The molecule has 0 unspecified atom stereocenters. The van der Waals surface area contributed by atoms with Crippen LogP contribution in [0.15, 0.2) is 30.5 Å². The van der Waals surface area contributed by atoms with Crippen LogP contribution in [0.4, 0.5) is 0 Å². The Morgan fingerprint density at radius 3 is 3.08 bits per heavy atom. The van der Waals surface area contributed by atoms with E-state index in [1.54, 1.807) is 18.0 Å². The lowest BCUT2D eigenvalue weighted by molar-refractivity contribution is -0.148. The van der Waals surface area contributed by atoms with Crippen LogP contribution in [0.5, 0.6) is 0 Å². The fraction of sp³-hybridized carbons (Fsp3) is 0.444. The Morgan fingerprint density at radius 2 is 2.25 bits per heavy atom. The zero-order valence-corrected chi connectivity index (χ0v) is 13.8. The van der Waals surface area contributed by atoms with Gasteiger partial charge in [-0.3, -0.25) is 9.59 Å². The number of ether oxygens (including phenoxy) is 1. The normalized spacial score (nSPS) is 17.5. The highest BCUT2D eigenvalue weighted by Gasteiger charge is 2.32. The number of carbonyl (C=O) groups is 2. The smallest absolute Gasteiger partial charge is 0.325 e. The maximum Gasteiger partial charge on any atom is 0.325 e. The Bertz CT molecular complexity index is 747. The van der Waals surface area contributed by atoms with Gasteiger partial charge in [-0.05, 0) is 50.5 Å². The van der Waals surface area contributed by atoms with E-state index in [2.05, 4.69) is 9.97 Å². The maximum atomic E-state index is 12.4. The Morgan fingerprint density at radius 1 is 1.38 bits per heavy atom. The Balaban J connectivity index is 1.56. The van der Waals surface area contributed by atoms with Crippen LogP contribution in [-0.4, -0.2) is 46.4 Å². The fourth-order valence-corrected chi connectivity index (χ4v) is 3.04. The van der Waals surface area contributed by atoms with Gasteiger partial charge in [-0.2, -0.15) is 0 Å². The third kappa shape index (κ3) is 3.69. The number of fused-ring (bicyclic) bond motifs is 1. The van der Waals surface area contributed by atoms with Gasteiger partial charge in [0.15, 0.2) is 5.65 Å². The lowest BCUT2D eigenvalue weighted by atomic mass is 10.0. The molecule has 0 spiro atoms. The highest BCUT2D eigenvalue weighted by molar-refractivity contribution is 5.85. The molecule has 1 fully saturated rings. The molecule has 2 aromatic heterocycles. The third-order valence-electron chi connectivity index (χ3n) is 4.30. The molecule has 126 valence electrons. The van der Waals surface area contributed by atoms with Gasteiger partial charge in [0.2, 0.25) is 5.91 Å². The van der Waals surface area contributed by atoms with E-state index < -0.39 is 0 Å². The van der Waals surface area contributed by atoms with Gasteiger partial charge in [0.1, 0.15) is 6.54 Å². The molecule has 2 aromatic rings. The fourth-order valence-electron chi connectivity index (χ4n) is 3.04. The van der Waals surface area contributed by atoms with Gasteiger partial charge in [0, 0.05) is 29.7 Å². The predicted molar refractivity (Wildman–Crippen MR) is 89.2 cm³/mol. The zero-order chi connectivity index (χ0) is 16.9. The summed E-state index contributed by atoms with van der Waals surface area (Å²) < 4.78 is 4.91. The predicted octanol–water partition coefficient (Wildman–Crippen LogP) is 1.97. The maximum absolute atomic E-state index is 12.4. The van der Waals surface area contributed by atoms with Gasteiger partial charge >= 0.3 is 5.97 Å². The summed E-state index contributed by atoms with van der Waals surface area (Å²) in [7, 11) is 0. The van der Waals surface area contributed by atoms with Crippen molar-refractivity contribution < 1.29 is 14.3 Å². The highest BCUT2D eigenvalue weighted by Crippen LogP contribution is 2.23. The first-order valence-corrected chi connectivity index (χ1v) is 8.32. The largest absolute Gasteiger partial charge is 0.465 e. The van der Waals surface area contributed by atoms with Crippen molar-refractivity contribution in [2.45, 2.75) is 26.2 Å². The molecule has 24 heavy (non-hydrogen) atoms. The summed E-state index contributed by atoms with van der Waals surface area (Å²) in [6.45, 7) is 2.78. The molecule has 0 bridgehead atoms. The zero-order valence-electron chi connectivity index (χ0n) is 13.8. The molecule has 1 aliphatic heterocycles. The number of carbonyl (C=O) groups excluding carboxylic acids is 2. The van der Waals surface area contributed by atoms with Crippen molar-refractivity contribution in [2.24, 2.45) is 5.92 Å². The first-order chi connectivity index (χ1) is 11.7. The summed E-state index contributed by atoms with van der Waals surface area (Å²) in [6.07, 6.45) is 3.98. The molecule has 1 amide bonds. The Kier molecular flexibility index (Phi) is 5.03. The lowest BCUT2D eigenvalue weighted by Gasteiger charge is -2.15. The minimum absolute atomic E-state index is 0.0411. The second-order valence-electron chi connectivity index (χ2n) is 5.94. The van der Waals surface area contributed by atoms with Gasteiger partial charge in [0.05, 0.1) is 6.61 Å². The average molecular weight is 327 g/mol. The van der Waals surface area contributed by atoms with E-state index in [0.29, 0.717) is 13.2 Å². The number of hydrogen-bond acceptors (Lipinski definition) is 5. The van der Waals surface area contributed by atoms with Crippen molar-refractivity contribution in [3.05, 3.63) is 36.2 Å². The molecular formula is C18H21N3O3. The summed E-state index contributed by atoms with van der Waals surface area (Å²) >= 11 is 0. The Hall–Kier alpha value is -2.50. The van der Waals surface area contributed by atoms with Crippen molar-refractivity contribution in [1.29, 1.82) is 0 Å². The summed E-state index contributed by atoms with van der Waals surface area (Å²) in [5.74, 6) is -0.337. The lowest BCUT2D eigenvalue weighted by Crippen LogP contribution is -2.33. The number of pyridine rings is 2. The van der Waals surface area contributed by atoms with Crippen molar-refractivity contribution >= 4 is 22.9 Å². The molecule has 0 aliphatic carbocycles. The van der Waals surface area contributed by atoms with Gasteiger partial charge < -0.3 is 9.64 Å². The number of rotatable bonds is 6. The topological polar surface area (TPSA) is 72.4 Å². The van der Waals surface area contributed by atoms with Crippen molar-refractivity contribution in [3.8, 4) is 0 Å². The minimum Gasteiger partial charge on any atom is -0.465 e. The molecule has 0 saturated carbocycles. The van der Waals surface area contributed by atoms with E-state index in [9.17, 15) is 9.59 Å². The first kappa shape index (κ1) is 16.4. The summed E-state index contributed by atoms with van der Waals surface area (Å²) in [6, 6.07) is 7.86. The molecule has 0 aromatic carbocycles. The van der Waals surface area contributed by atoms with Crippen LogP contribution in [0.25, 0.3) is 11.0 Å². The van der Waals surface area contributed by atoms with Crippen LogP contribution in [0.2, 0.25) is 0 Å². The van der Waals surface area contributed by atoms with E-state index in [1.807, 2.05) is 24.3 Å². The van der Waals surface area contributed by atoms with Gasteiger partial charge in [-0.1, -0.05) is 0 Å². The quantitative estimate of drug-likeness (QED) is 0.759. The minimum atomic E-state index is -0.339. The van der Waals surface area contributed by atoms with Crippen LogP contribution in [0.3, 0.4) is 0 Å². The van der Waals surface area contributed by atoms with Crippen molar-refractivity contribution in [1.82, 2.24) is 14.9 Å². The molecule has 0 N–H and O–H groups in total. The third-order valence-corrected chi connectivity index (χ3v) is 4.30. The molecule has 0 radical (unpaired) electrons. The van der Waals surface area contributed by atoms with Gasteiger partial charge in [0.25, 0.3) is 0 Å². The number of aromatic nitrogens is 2. The van der Waals surface area contributed by atoms with Crippen LogP contribution < -0.4 is 0 Å². The average Bonchev–Trinajstić information content (AvgIpc) is 2.93. The SMILES string of the molecule is CCOC(=O)CN1CC[C@H](CCc2ccc3cccnc3n2)C1=O. The molecule has 1 aliphatic rings. The van der Waals surface area contributed by atoms with Gasteiger partial charge in [-0.15, -0.1) is 0 Å². The number of amides is 1. The number of esters is 1. The van der Waals surface area contributed by atoms with E-state index in [-0.39, 0.29) is 24.3 Å². The van der Waals surface area contributed by atoms with E-state index in [1.165, 1.54) is 0 Å².